The molecule has 0 saturated heterocycles. The lowest BCUT2D eigenvalue weighted by molar-refractivity contribution is -0.121. The quantitative estimate of drug-likeness (QED) is 0.592. The first-order valence-corrected chi connectivity index (χ1v) is 3.59. The highest BCUT2D eigenvalue weighted by molar-refractivity contribution is 5.74. The van der Waals surface area contributed by atoms with Crippen LogP contribution in [0.3, 0.4) is 0 Å². The summed E-state index contributed by atoms with van der Waals surface area (Å²) in [6.45, 7) is 2.85. The molecule has 0 aromatic rings. The molecule has 0 spiro atoms. The number of carbonyl (C=O) groups is 1. The number of ether oxygens (including phenoxy) is 2. The van der Waals surface area contributed by atoms with Crippen LogP contribution < -0.4 is 5.73 Å². The standard InChI is InChI=1S/C7H15NO3/c1-3-11-6(5-10-2)4-7(8)9/h6H,3-5H2,1-2H3,(H2,8,9). The molecule has 2 N–H and O–H groups in total. The highest BCUT2D eigenvalue weighted by Gasteiger charge is 2.10. The third kappa shape index (κ3) is 5.82. The van der Waals surface area contributed by atoms with Gasteiger partial charge in [-0.25, -0.2) is 0 Å². The van der Waals surface area contributed by atoms with Crippen LogP contribution in [-0.2, 0) is 14.3 Å². The van der Waals surface area contributed by atoms with Crippen molar-refractivity contribution in [3.63, 3.8) is 0 Å². The maximum atomic E-state index is 10.4. The molecule has 0 heterocycles. The summed E-state index contributed by atoms with van der Waals surface area (Å²) in [5, 5.41) is 0. The van der Waals surface area contributed by atoms with E-state index in [9.17, 15) is 4.79 Å². The van der Waals surface area contributed by atoms with Crippen LogP contribution in [0.5, 0.6) is 0 Å². The minimum Gasteiger partial charge on any atom is -0.382 e. The van der Waals surface area contributed by atoms with Crippen molar-refractivity contribution in [1.82, 2.24) is 0 Å². The van der Waals surface area contributed by atoms with Crippen LogP contribution in [0.2, 0.25) is 0 Å². The molecule has 0 aromatic heterocycles. The molecule has 1 amide bonds. The predicted octanol–water partition coefficient (Wildman–Crippen LogP) is -0.0867. The van der Waals surface area contributed by atoms with Crippen LogP contribution in [0.4, 0.5) is 0 Å². The van der Waals surface area contributed by atoms with Crippen molar-refractivity contribution in [3.8, 4) is 0 Å². The van der Waals surface area contributed by atoms with E-state index >= 15 is 0 Å². The number of primary amides is 1. The summed E-state index contributed by atoms with van der Waals surface area (Å²) in [4.78, 5) is 10.4. The smallest absolute Gasteiger partial charge is 0.220 e. The summed E-state index contributed by atoms with van der Waals surface area (Å²) in [5.74, 6) is -0.361. The first-order valence-electron chi connectivity index (χ1n) is 3.59. The second-order valence-corrected chi connectivity index (χ2v) is 2.20. The van der Waals surface area contributed by atoms with E-state index in [-0.39, 0.29) is 18.4 Å². The van der Waals surface area contributed by atoms with Gasteiger partial charge in [-0.3, -0.25) is 4.79 Å². The fourth-order valence-electron chi connectivity index (χ4n) is 0.812. The van der Waals surface area contributed by atoms with Crippen molar-refractivity contribution < 1.29 is 14.3 Å². The average molecular weight is 161 g/mol. The van der Waals surface area contributed by atoms with Gasteiger partial charge in [-0.15, -0.1) is 0 Å². The molecule has 0 aromatic carbocycles. The largest absolute Gasteiger partial charge is 0.382 e. The van der Waals surface area contributed by atoms with Gasteiger partial charge < -0.3 is 15.2 Å². The van der Waals surface area contributed by atoms with Gasteiger partial charge in [0.15, 0.2) is 0 Å². The van der Waals surface area contributed by atoms with E-state index in [1.165, 1.54) is 0 Å². The summed E-state index contributed by atoms with van der Waals surface area (Å²) in [5.41, 5.74) is 4.98. The lowest BCUT2D eigenvalue weighted by Gasteiger charge is -2.13. The minimum absolute atomic E-state index is 0.192. The molecule has 0 bridgehead atoms. The topological polar surface area (TPSA) is 61.6 Å². The van der Waals surface area contributed by atoms with Crippen LogP contribution >= 0.6 is 0 Å². The van der Waals surface area contributed by atoms with Gasteiger partial charge in [0.1, 0.15) is 0 Å². The number of amides is 1. The second-order valence-electron chi connectivity index (χ2n) is 2.20. The second kappa shape index (κ2) is 6.12. The summed E-state index contributed by atoms with van der Waals surface area (Å²) < 4.78 is 9.99. The Morgan fingerprint density at radius 3 is 2.64 bits per heavy atom. The van der Waals surface area contributed by atoms with Gasteiger partial charge in [-0.2, -0.15) is 0 Å². The molecule has 0 aliphatic carbocycles. The van der Waals surface area contributed by atoms with Crippen LogP contribution in [0, 0.1) is 0 Å². The summed E-state index contributed by atoms with van der Waals surface area (Å²) in [7, 11) is 1.56. The first kappa shape index (κ1) is 10.4. The number of hydrogen-bond acceptors (Lipinski definition) is 3. The predicted molar refractivity (Wildman–Crippen MR) is 41.1 cm³/mol. The van der Waals surface area contributed by atoms with E-state index in [0.717, 1.165) is 0 Å². The Labute approximate surface area is 66.7 Å². The molecule has 0 rings (SSSR count). The van der Waals surface area contributed by atoms with Gasteiger partial charge >= 0.3 is 0 Å². The maximum Gasteiger partial charge on any atom is 0.220 e. The van der Waals surface area contributed by atoms with Crippen molar-refractivity contribution in [3.05, 3.63) is 0 Å². The fourth-order valence-corrected chi connectivity index (χ4v) is 0.812. The Kier molecular flexibility index (Phi) is 5.78. The van der Waals surface area contributed by atoms with E-state index in [1.54, 1.807) is 7.11 Å². The molecule has 4 heteroatoms. The molecule has 4 nitrogen and oxygen atoms in total. The molecule has 1 atom stereocenters. The van der Waals surface area contributed by atoms with E-state index in [2.05, 4.69) is 0 Å². The molecular weight excluding hydrogens is 146 g/mol. The van der Waals surface area contributed by atoms with E-state index in [0.29, 0.717) is 13.2 Å². The number of rotatable bonds is 6. The van der Waals surface area contributed by atoms with Gasteiger partial charge in [-0.1, -0.05) is 0 Å². The van der Waals surface area contributed by atoms with Crippen molar-refractivity contribution in [1.29, 1.82) is 0 Å². The molecule has 1 unspecified atom stereocenters. The average Bonchev–Trinajstić information content (AvgIpc) is 1.87. The van der Waals surface area contributed by atoms with E-state index < -0.39 is 0 Å². The maximum absolute atomic E-state index is 10.4. The molecule has 11 heavy (non-hydrogen) atoms. The Morgan fingerprint density at radius 2 is 2.27 bits per heavy atom. The Bertz CT molecular complexity index is 110. The van der Waals surface area contributed by atoms with Gasteiger partial charge in [0.2, 0.25) is 5.91 Å². The molecule has 0 radical (unpaired) electrons. The SMILES string of the molecule is CCOC(COC)CC(N)=O. The van der Waals surface area contributed by atoms with Crippen LogP contribution in [-0.4, -0.2) is 32.3 Å². The molecular formula is C7H15NO3. The third-order valence-electron chi connectivity index (χ3n) is 1.18. The van der Waals surface area contributed by atoms with Crippen molar-refractivity contribution in [2.75, 3.05) is 20.3 Å². The monoisotopic (exact) mass is 161 g/mol. The Balaban J connectivity index is 3.59. The van der Waals surface area contributed by atoms with Crippen LogP contribution in [0.15, 0.2) is 0 Å². The van der Waals surface area contributed by atoms with Gasteiger partial charge in [0.05, 0.1) is 19.1 Å². The molecule has 0 fully saturated rings. The first-order chi connectivity index (χ1) is 5.20. The van der Waals surface area contributed by atoms with Gasteiger partial charge in [0.25, 0.3) is 0 Å². The lowest BCUT2D eigenvalue weighted by atomic mass is 10.2. The normalized spacial score (nSPS) is 12.9. The zero-order valence-corrected chi connectivity index (χ0v) is 7.00. The highest BCUT2D eigenvalue weighted by atomic mass is 16.5. The van der Waals surface area contributed by atoms with E-state index in [1.807, 2.05) is 6.92 Å². The van der Waals surface area contributed by atoms with Gasteiger partial charge in [0, 0.05) is 13.7 Å². The number of methoxy groups -OCH3 is 1. The van der Waals surface area contributed by atoms with E-state index in [4.69, 9.17) is 15.2 Å². The summed E-state index contributed by atoms with van der Waals surface area (Å²) in [6, 6.07) is 0. The van der Waals surface area contributed by atoms with Crippen LogP contribution in [0.25, 0.3) is 0 Å². The van der Waals surface area contributed by atoms with Crippen molar-refractivity contribution in [2.24, 2.45) is 5.73 Å². The number of hydrogen-bond donors (Lipinski definition) is 1. The lowest BCUT2D eigenvalue weighted by Crippen LogP contribution is -2.26. The fraction of sp³-hybridized carbons (Fsp3) is 0.857. The zero-order chi connectivity index (χ0) is 8.69. The Morgan fingerprint density at radius 1 is 1.64 bits per heavy atom. The molecule has 0 aliphatic heterocycles. The Hall–Kier alpha value is -0.610. The summed E-state index contributed by atoms with van der Waals surface area (Å²) in [6.07, 6.45) is 0.0318. The van der Waals surface area contributed by atoms with Crippen molar-refractivity contribution in [2.45, 2.75) is 19.4 Å². The minimum atomic E-state index is -0.361. The van der Waals surface area contributed by atoms with Gasteiger partial charge in [-0.05, 0) is 6.92 Å². The van der Waals surface area contributed by atoms with Crippen LogP contribution in [0.1, 0.15) is 13.3 Å². The molecule has 0 saturated carbocycles. The molecule has 66 valence electrons. The number of nitrogens with two attached hydrogens (primary N) is 1. The van der Waals surface area contributed by atoms with Crippen molar-refractivity contribution >= 4 is 5.91 Å². The highest BCUT2D eigenvalue weighted by Crippen LogP contribution is 1.97. The zero-order valence-electron chi connectivity index (χ0n) is 7.00. The third-order valence-corrected chi connectivity index (χ3v) is 1.18. The molecule has 0 aliphatic rings. The summed E-state index contributed by atoms with van der Waals surface area (Å²) >= 11 is 0. The number of carbonyl (C=O) groups excluding carboxylic acids is 1.